The van der Waals surface area contributed by atoms with Crippen molar-refractivity contribution in [2.45, 2.75) is 11.1 Å². The van der Waals surface area contributed by atoms with E-state index in [0.717, 1.165) is 16.7 Å². The molecule has 0 radical (unpaired) electrons. The van der Waals surface area contributed by atoms with Gasteiger partial charge in [0.25, 0.3) is 5.91 Å². The molecule has 1 amide bonds. The maximum Gasteiger partial charge on any atom is 0.269 e. The van der Waals surface area contributed by atoms with E-state index in [9.17, 15) is 9.90 Å². The van der Waals surface area contributed by atoms with Gasteiger partial charge in [0.05, 0.1) is 19.9 Å². The lowest BCUT2D eigenvalue weighted by atomic mass is 9.75. The van der Waals surface area contributed by atoms with Crippen LogP contribution in [-0.2, 0) is 15.9 Å². The van der Waals surface area contributed by atoms with Crippen LogP contribution in [0.25, 0.3) is 0 Å². The third-order valence-corrected chi connectivity index (χ3v) is 6.92. The van der Waals surface area contributed by atoms with E-state index in [4.69, 9.17) is 9.47 Å². The minimum atomic E-state index is -1.87. The van der Waals surface area contributed by atoms with Crippen LogP contribution in [0.5, 0.6) is 11.5 Å². The maximum atomic E-state index is 14.3. The molecule has 1 unspecified atom stereocenters. The Kier molecular flexibility index (Phi) is 5.86. The van der Waals surface area contributed by atoms with Gasteiger partial charge in [0, 0.05) is 5.56 Å². The molecule has 0 bridgehead atoms. The molecule has 1 heterocycles. The highest BCUT2D eigenvalue weighted by atomic mass is 16.5. The summed E-state index contributed by atoms with van der Waals surface area (Å²) in [5, 5.41) is 11.6. The zero-order chi connectivity index (χ0) is 25.3. The third-order valence-electron chi connectivity index (χ3n) is 6.92. The number of benzene rings is 4. The molecule has 5 rings (SSSR count). The first-order valence-corrected chi connectivity index (χ1v) is 11.7. The quantitative estimate of drug-likeness (QED) is 0.285. The van der Waals surface area contributed by atoms with E-state index in [-0.39, 0.29) is 0 Å². The van der Waals surface area contributed by atoms with E-state index in [2.05, 4.69) is 6.58 Å². The topological polar surface area (TPSA) is 59.0 Å². The molecule has 180 valence electrons. The van der Waals surface area contributed by atoms with Crippen LogP contribution in [0.15, 0.2) is 116 Å². The third kappa shape index (κ3) is 3.32. The normalized spacial score (nSPS) is 17.0. The number of hydrogen-bond acceptors (Lipinski definition) is 4. The van der Waals surface area contributed by atoms with Crippen LogP contribution in [0, 0.1) is 0 Å². The lowest BCUT2D eigenvalue weighted by molar-refractivity contribution is -0.132. The van der Waals surface area contributed by atoms with Crippen molar-refractivity contribution in [3.8, 4) is 11.5 Å². The Morgan fingerprint density at radius 1 is 0.750 bits per heavy atom. The van der Waals surface area contributed by atoms with Crippen molar-refractivity contribution in [1.29, 1.82) is 0 Å². The standard InChI is InChI=1S/C31H27NO4/c1-4-30(34)27-12-8-9-13-28(27)32(29(30)33)31(22-10-6-5-7-11-22,23-14-18-25(35-2)19-15-23)24-16-20-26(36-3)21-17-24/h4-21,34H,1H2,2-3H3. The van der Waals surface area contributed by atoms with E-state index in [0.29, 0.717) is 22.7 Å². The van der Waals surface area contributed by atoms with Crippen LogP contribution in [0.1, 0.15) is 22.3 Å². The Hall–Kier alpha value is -4.35. The second-order valence-electron chi connectivity index (χ2n) is 8.66. The first-order valence-electron chi connectivity index (χ1n) is 11.7. The first kappa shape index (κ1) is 23.4. The molecule has 0 aliphatic carbocycles. The van der Waals surface area contributed by atoms with Gasteiger partial charge in [-0.2, -0.15) is 0 Å². The number of carbonyl (C=O) groups is 1. The van der Waals surface area contributed by atoms with Crippen molar-refractivity contribution in [2.75, 3.05) is 19.1 Å². The van der Waals surface area contributed by atoms with E-state index in [1.165, 1.54) is 6.08 Å². The predicted molar refractivity (Wildman–Crippen MR) is 140 cm³/mol. The van der Waals surface area contributed by atoms with Crippen molar-refractivity contribution in [3.05, 3.63) is 138 Å². The second kappa shape index (κ2) is 9.02. The van der Waals surface area contributed by atoms with Crippen LogP contribution < -0.4 is 14.4 Å². The van der Waals surface area contributed by atoms with E-state index < -0.39 is 17.0 Å². The maximum absolute atomic E-state index is 14.3. The number of rotatable bonds is 7. The van der Waals surface area contributed by atoms with Gasteiger partial charge in [-0.15, -0.1) is 0 Å². The number of anilines is 1. The van der Waals surface area contributed by atoms with Crippen LogP contribution in [0.4, 0.5) is 5.69 Å². The summed E-state index contributed by atoms with van der Waals surface area (Å²) in [5.74, 6) is 0.923. The summed E-state index contributed by atoms with van der Waals surface area (Å²) in [7, 11) is 3.24. The number of hydrogen-bond donors (Lipinski definition) is 1. The zero-order valence-corrected chi connectivity index (χ0v) is 20.2. The Labute approximate surface area is 210 Å². The number of aliphatic hydroxyl groups is 1. The van der Waals surface area contributed by atoms with Gasteiger partial charge in [-0.1, -0.05) is 79.4 Å². The zero-order valence-electron chi connectivity index (χ0n) is 20.2. The molecule has 0 saturated heterocycles. The van der Waals surface area contributed by atoms with Gasteiger partial charge in [-0.05, 0) is 53.1 Å². The van der Waals surface area contributed by atoms with Gasteiger partial charge in [-0.25, -0.2) is 0 Å². The number of methoxy groups -OCH3 is 2. The fourth-order valence-corrected chi connectivity index (χ4v) is 5.15. The van der Waals surface area contributed by atoms with Gasteiger partial charge in [0.2, 0.25) is 0 Å². The van der Waals surface area contributed by atoms with Crippen molar-refractivity contribution in [1.82, 2.24) is 0 Å². The lowest BCUT2D eigenvalue weighted by Gasteiger charge is -2.44. The second-order valence-corrected chi connectivity index (χ2v) is 8.66. The molecule has 0 spiro atoms. The van der Waals surface area contributed by atoms with Crippen LogP contribution in [0.2, 0.25) is 0 Å². The van der Waals surface area contributed by atoms with Gasteiger partial charge in [0.15, 0.2) is 5.60 Å². The molecule has 4 aromatic rings. The molecule has 1 aliphatic rings. The van der Waals surface area contributed by atoms with Gasteiger partial charge >= 0.3 is 0 Å². The molecule has 1 aliphatic heterocycles. The number of ether oxygens (including phenoxy) is 2. The molecule has 5 heteroatoms. The SMILES string of the molecule is C=CC1(O)C(=O)N(C(c2ccccc2)(c2ccc(OC)cc2)c2ccc(OC)cc2)c2ccccc21. The molecule has 0 aromatic heterocycles. The van der Waals surface area contributed by atoms with Crippen molar-refractivity contribution in [2.24, 2.45) is 0 Å². The highest BCUT2D eigenvalue weighted by molar-refractivity contribution is 6.10. The summed E-state index contributed by atoms with van der Waals surface area (Å²) >= 11 is 0. The van der Waals surface area contributed by atoms with Crippen LogP contribution in [-0.4, -0.2) is 25.2 Å². The Morgan fingerprint density at radius 3 is 1.72 bits per heavy atom. The highest BCUT2D eigenvalue weighted by Crippen LogP contribution is 2.52. The van der Waals surface area contributed by atoms with Crippen molar-refractivity contribution in [3.63, 3.8) is 0 Å². The smallest absolute Gasteiger partial charge is 0.269 e. The summed E-state index contributed by atoms with van der Waals surface area (Å²) in [5.41, 5.74) is 0.632. The predicted octanol–water partition coefficient (Wildman–Crippen LogP) is 5.42. The van der Waals surface area contributed by atoms with E-state index >= 15 is 0 Å². The monoisotopic (exact) mass is 477 g/mol. The van der Waals surface area contributed by atoms with Crippen molar-refractivity contribution < 1.29 is 19.4 Å². The molecule has 4 aromatic carbocycles. The number of para-hydroxylation sites is 1. The summed E-state index contributed by atoms with van der Waals surface area (Å²) < 4.78 is 10.9. The molecule has 0 saturated carbocycles. The molecule has 0 fully saturated rings. The minimum Gasteiger partial charge on any atom is -0.497 e. The summed E-state index contributed by atoms with van der Waals surface area (Å²) in [6, 6.07) is 32.5. The summed E-state index contributed by atoms with van der Waals surface area (Å²) in [6.07, 6.45) is 1.31. The Balaban J connectivity index is 1.92. The largest absolute Gasteiger partial charge is 0.497 e. The van der Waals surface area contributed by atoms with E-state index in [1.807, 2.05) is 97.1 Å². The summed E-state index contributed by atoms with van der Waals surface area (Å²) in [4.78, 5) is 16.0. The number of carbonyl (C=O) groups excluding carboxylic acids is 1. The molecular weight excluding hydrogens is 450 g/mol. The van der Waals surface area contributed by atoms with Gasteiger partial charge in [-0.3, -0.25) is 9.69 Å². The Bertz CT molecular complexity index is 1350. The number of nitrogens with zero attached hydrogens (tertiary/aromatic N) is 1. The first-order chi connectivity index (χ1) is 17.5. The van der Waals surface area contributed by atoms with E-state index in [1.54, 1.807) is 25.2 Å². The number of amides is 1. The van der Waals surface area contributed by atoms with Gasteiger partial charge < -0.3 is 14.6 Å². The molecule has 36 heavy (non-hydrogen) atoms. The van der Waals surface area contributed by atoms with Gasteiger partial charge in [0.1, 0.15) is 17.0 Å². The lowest BCUT2D eigenvalue weighted by Crippen LogP contribution is -2.53. The molecule has 5 nitrogen and oxygen atoms in total. The van der Waals surface area contributed by atoms with Crippen LogP contribution in [0.3, 0.4) is 0 Å². The van der Waals surface area contributed by atoms with Crippen molar-refractivity contribution >= 4 is 11.6 Å². The average molecular weight is 478 g/mol. The van der Waals surface area contributed by atoms with Crippen LogP contribution >= 0.6 is 0 Å². The molecule has 1 atom stereocenters. The molecule has 1 N–H and O–H groups in total. The average Bonchev–Trinajstić information content (AvgIpc) is 3.18. The Morgan fingerprint density at radius 2 is 1.22 bits per heavy atom. The minimum absolute atomic E-state index is 0.478. The molecular formula is C31H27NO4. The highest BCUT2D eigenvalue weighted by Gasteiger charge is 2.56. The fraction of sp³-hybridized carbons (Fsp3) is 0.129. The summed E-state index contributed by atoms with van der Waals surface area (Å²) in [6.45, 7) is 3.81. The number of fused-ring (bicyclic) bond motifs is 1. The fourth-order valence-electron chi connectivity index (χ4n) is 5.15.